The molecule has 0 aliphatic rings. The van der Waals surface area contributed by atoms with Crippen LogP contribution in [0.2, 0.25) is 0 Å². The van der Waals surface area contributed by atoms with Crippen molar-refractivity contribution >= 4 is 11.6 Å². The van der Waals surface area contributed by atoms with Crippen LogP contribution >= 0.6 is 0 Å². The van der Waals surface area contributed by atoms with Crippen LogP contribution in [0.5, 0.6) is 0 Å². The van der Waals surface area contributed by atoms with E-state index in [1.807, 2.05) is 26.8 Å². The first-order chi connectivity index (χ1) is 7.50. The lowest BCUT2D eigenvalue weighted by Crippen LogP contribution is -2.31. The first-order valence-corrected chi connectivity index (χ1v) is 5.46. The number of anilines is 1. The molecule has 0 bridgehead atoms. The minimum Gasteiger partial charge on any atom is -0.327 e. The second-order valence-corrected chi connectivity index (χ2v) is 4.35. The maximum Gasteiger partial charge on any atom is 0.225 e. The van der Waals surface area contributed by atoms with Crippen molar-refractivity contribution < 1.29 is 4.79 Å². The van der Waals surface area contributed by atoms with Crippen molar-refractivity contribution in [1.82, 2.24) is 4.98 Å². The second kappa shape index (κ2) is 5.61. The Balaban J connectivity index is 2.55. The van der Waals surface area contributed by atoms with E-state index in [0.29, 0.717) is 12.3 Å². The summed E-state index contributed by atoms with van der Waals surface area (Å²) < 4.78 is 0. The summed E-state index contributed by atoms with van der Waals surface area (Å²) >= 11 is 0. The molecule has 0 saturated heterocycles. The summed E-state index contributed by atoms with van der Waals surface area (Å²) in [6, 6.07) is 1.76. The largest absolute Gasteiger partial charge is 0.327 e. The van der Waals surface area contributed by atoms with Gasteiger partial charge in [-0.1, -0.05) is 13.8 Å². The van der Waals surface area contributed by atoms with Gasteiger partial charge in [0.15, 0.2) is 0 Å². The Kier molecular flexibility index (Phi) is 4.43. The molecule has 0 aliphatic carbocycles. The molecule has 0 aliphatic heterocycles. The fourth-order valence-electron chi connectivity index (χ4n) is 1.25. The summed E-state index contributed by atoms with van der Waals surface area (Å²) in [5, 5.41) is 2.81. The third-order valence-electron chi connectivity index (χ3n) is 2.59. The Morgan fingerprint density at radius 1 is 1.56 bits per heavy atom. The number of aromatic nitrogens is 1. The standard InChI is InChI=1S/C12H19N3O/c1-8(2)10(13)6-12(16)15-11-7-14-5-4-9(11)3/h4-5,7-8,10H,6,13H2,1-3H3,(H,15,16). The zero-order valence-corrected chi connectivity index (χ0v) is 10.0. The van der Waals surface area contributed by atoms with Gasteiger partial charge in [0.25, 0.3) is 0 Å². The molecule has 1 rings (SSSR count). The molecular weight excluding hydrogens is 202 g/mol. The predicted octanol–water partition coefficient (Wildman–Crippen LogP) is 1.70. The molecule has 1 amide bonds. The first kappa shape index (κ1) is 12.6. The van der Waals surface area contributed by atoms with Gasteiger partial charge in [-0.3, -0.25) is 9.78 Å². The van der Waals surface area contributed by atoms with Crippen LogP contribution in [0, 0.1) is 12.8 Å². The number of nitrogens with two attached hydrogens (primary N) is 1. The van der Waals surface area contributed by atoms with E-state index in [4.69, 9.17) is 5.73 Å². The van der Waals surface area contributed by atoms with Gasteiger partial charge in [0, 0.05) is 18.7 Å². The number of carbonyl (C=O) groups excluding carboxylic acids is 1. The molecule has 0 fully saturated rings. The molecule has 1 aromatic heterocycles. The van der Waals surface area contributed by atoms with E-state index >= 15 is 0 Å². The summed E-state index contributed by atoms with van der Waals surface area (Å²) in [5.74, 6) is 0.248. The fraction of sp³-hybridized carbons (Fsp3) is 0.500. The SMILES string of the molecule is Cc1ccncc1NC(=O)CC(N)C(C)C. The van der Waals surface area contributed by atoms with Crippen LogP contribution < -0.4 is 11.1 Å². The lowest BCUT2D eigenvalue weighted by molar-refractivity contribution is -0.116. The average molecular weight is 221 g/mol. The monoisotopic (exact) mass is 221 g/mol. The number of aryl methyl sites for hydroxylation is 1. The molecular formula is C12H19N3O. The molecule has 88 valence electrons. The highest BCUT2D eigenvalue weighted by Crippen LogP contribution is 2.12. The van der Waals surface area contributed by atoms with E-state index < -0.39 is 0 Å². The molecule has 4 nitrogen and oxygen atoms in total. The molecule has 4 heteroatoms. The first-order valence-electron chi connectivity index (χ1n) is 5.46. The highest BCUT2D eigenvalue weighted by atomic mass is 16.1. The van der Waals surface area contributed by atoms with Crippen LogP contribution in [0.4, 0.5) is 5.69 Å². The fourth-order valence-corrected chi connectivity index (χ4v) is 1.25. The number of amides is 1. The summed E-state index contributed by atoms with van der Waals surface area (Å²) in [6.07, 6.45) is 3.69. The molecule has 1 unspecified atom stereocenters. The highest BCUT2D eigenvalue weighted by molar-refractivity contribution is 5.91. The molecule has 16 heavy (non-hydrogen) atoms. The number of nitrogens with one attached hydrogen (secondary N) is 1. The van der Waals surface area contributed by atoms with Crippen LogP contribution in [0.15, 0.2) is 18.5 Å². The van der Waals surface area contributed by atoms with Crippen molar-refractivity contribution in [2.45, 2.75) is 33.2 Å². The van der Waals surface area contributed by atoms with Gasteiger partial charge >= 0.3 is 0 Å². The summed E-state index contributed by atoms with van der Waals surface area (Å²) in [5.41, 5.74) is 7.59. The molecule has 0 saturated carbocycles. The van der Waals surface area contributed by atoms with E-state index in [9.17, 15) is 4.79 Å². The topological polar surface area (TPSA) is 68.0 Å². The van der Waals surface area contributed by atoms with Gasteiger partial charge in [-0.2, -0.15) is 0 Å². The van der Waals surface area contributed by atoms with Crippen LogP contribution in [-0.4, -0.2) is 16.9 Å². The maximum absolute atomic E-state index is 11.7. The van der Waals surface area contributed by atoms with Crippen molar-refractivity contribution in [3.05, 3.63) is 24.0 Å². The predicted molar refractivity (Wildman–Crippen MR) is 65.0 cm³/mol. The molecule has 0 spiro atoms. The molecule has 0 aromatic carbocycles. The minimum atomic E-state index is -0.100. The van der Waals surface area contributed by atoms with E-state index in [2.05, 4.69) is 10.3 Å². The smallest absolute Gasteiger partial charge is 0.225 e. The zero-order chi connectivity index (χ0) is 12.1. The van der Waals surface area contributed by atoms with Gasteiger partial charge in [0.1, 0.15) is 0 Å². The number of nitrogens with zero attached hydrogens (tertiary/aromatic N) is 1. The van der Waals surface area contributed by atoms with E-state index in [1.165, 1.54) is 0 Å². The normalized spacial score (nSPS) is 12.6. The Labute approximate surface area is 96.3 Å². The second-order valence-electron chi connectivity index (χ2n) is 4.35. The highest BCUT2D eigenvalue weighted by Gasteiger charge is 2.13. The van der Waals surface area contributed by atoms with Crippen LogP contribution in [0.3, 0.4) is 0 Å². The quantitative estimate of drug-likeness (QED) is 0.813. The summed E-state index contributed by atoms with van der Waals surface area (Å²) in [6.45, 7) is 5.94. The number of hydrogen-bond acceptors (Lipinski definition) is 3. The number of pyridine rings is 1. The summed E-state index contributed by atoms with van der Waals surface area (Å²) in [4.78, 5) is 15.6. The maximum atomic E-state index is 11.7. The Morgan fingerprint density at radius 2 is 2.25 bits per heavy atom. The van der Waals surface area contributed by atoms with Crippen molar-refractivity contribution in [1.29, 1.82) is 0 Å². The Morgan fingerprint density at radius 3 is 2.81 bits per heavy atom. The van der Waals surface area contributed by atoms with Gasteiger partial charge in [-0.05, 0) is 24.5 Å². The number of hydrogen-bond donors (Lipinski definition) is 2. The minimum absolute atomic E-state index is 0.0581. The van der Waals surface area contributed by atoms with E-state index in [0.717, 1.165) is 11.3 Å². The number of rotatable bonds is 4. The third kappa shape index (κ3) is 3.62. The van der Waals surface area contributed by atoms with E-state index in [1.54, 1.807) is 12.4 Å². The van der Waals surface area contributed by atoms with Gasteiger partial charge in [-0.25, -0.2) is 0 Å². The van der Waals surface area contributed by atoms with E-state index in [-0.39, 0.29) is 11.9 Å². The van der Waals surface area contributed by atoms with Crippen LogP contribution in [-0.2, 0) is 4.79 Å². The van der Waals surface area contributed by atoms with Gasteiger partial charge in [0.2, 0.25) is 5.91 Å². The molecule has 1 atom stereocenters. The average Bonchev–Trinajstić information content (AvgIpc) is 2.21. The van der Waals surface area contributed by atoms with Crippen molar-refractivity contribution in [3.63, 3.8) is 0 Å². The molecule has 1 aromatic rings. The van der Waals surface area contributed by atoms with Crippen LogP contribution in [0.1, 0.15) is 25.8 Å². The lowest BCUT2D eigenvalue weighted by atomic mass is 10.0. The van der Waals surface area contributed by atoms with Gasteiger partial charge in [0.05, 0.1) is 11.9 Å². The molecule has 1 heterocycles. The Bertz CT molecular complexity index is 363. The third-order valence-corrected chi connectivity index (χ3v) is 2.59. The zero-order valence-electron chi connectivity index (χ0n) is 10.0. The molecule has 0 radical (unpaired) electrons. The van der Waals surface area contributed by atoms with Crippen molar-refractivity contribution in [2.24, 2.45) is 11.7 Å². The van der Waals surface area contributed by atoms with Gasteiger partial charge < -0.3 is 11.1 Å². The van der Waals surface area contributed by atoms with Crippen LogP contribution in [0.25, 0.3) is 0 Å². The van der Waals surface area contributed by atoms with Crippen molar-refractivity contribution in [3.8, 4) is 0 Å². The van der Waals surface area contributed by atoms with Gasteiger partial charge in [-0.15, -0.1) is 0 Å². The number of carbonyl (C=O) groups is 1. The Hall–Kier alpha value is -1.42. The summed E-state index contributed by atoms with van der Waals surface area (Å²) in [7, 11) is 0. The van der Waals surface area contributed by atoms with Crippen molar-refractivity contribution in [2.75, 3.05) is 5.32 Å². The molecule has 3 N–H and O–H groups in total. The lowest BCUT2D eigenvalue weighted by Gasteiger charge is -2.15.